The maximum Gasteiger partial charge on any atom is 0.256 e. The standard InChI is InChI=1S/C21H23BrN2O4/c1-28-17-6-7-19(22)18(13-17)21(27)23-15-4-2-14(3-5-15)12-20(26)24-10-8-16(25)9-11-24/h2-7,13,16,25H,8-12H2,1H3,(H,23,27). The molecule has 6 nitrogen and oxygen atoms in total. The predicted octanol–water partition coefficient (Wildman–Crippen LogP) is 3.24. The summed E-state index contributed by atoms with van der Waals surface area (Å²) in [5, 5.41) is 12.4. The third-order valence-electron chi connectivity index (χ3n) is 4.80. The summed E-state index contributed by atoms with van der Waals surface area (Å²) in [7, 11) is 1.55. The lowest BCUT2D eigenvalue weighted by Crippen LogP contribution is -2.40. The van der Waals surface area contributed by atoms with Gasteiger partial charge in [-0.25, -0.2) is 0 Å². The van der Waals surface area contributed by atoms with Gasteiger partial charge in [0.15, 0.2) is 0 Å². The zero-order valence-corrected chi connectivity index (χ0v) is 17.2. The molecule has 1 heterocycles. The summed E-state index contributed by atoms with van der Waals surface area (Å²) in [5.41, 5.74) is 2.01. The molecule has 3 rings (SSSR count). The van der Waals surface area contributed by atoms with Crippen LogP contribution in [0.1, 0.15) is 28.8 Å². The molecule has 0 aliphatic carbocycles. The summed E-state index contributed by atoms with van der Waals surface area (Å²) in [6.07, 6.45) is 1.29. The molecular formula is C21H23BrN2O4. The van der Waals surface area contributed by atoms with E-state index in [9.17, 15) is 14.7 Å². The molecule has 2 amide bonds. The van der Waals surface area contributed by atoms with Crippen molar-refractivity contribution in [2.45, 2.75) is 25.4 Å². The van der Waals surface area contributed by atoms with Gasteiger partial charge in [0.1, 0.15) is 5.75 Å². The molecule has 7 heteroatoms. The Morgan fingerprint density at radius 3 is 2.50 bits per heavy atom. The number of amides is 2. The molecule has 2 aromatic rings. The SMILES string of the molecule is COc1ccc(Br)c(C(=O)Nc2ccc(CC(=O)N3CCC(O)CC3)cc2)c1. The number of piperidine rings is 1. The first kappa shape index (κ1) is 20.4. The molecule has 1 aliphatic rings. The minimum Gasteiger partial charge on any atom is -0.497 e. The first-order chi connectivity index (χ1) is 13.5. The van der Waals surface area contributed by atoms with Crippen molar-refractivity contribution in [3.05, 3.63) is 58.1 Å². The highest BCUT2D eigenvalue weighted by atomic mass is 79.9. The zero-order valence-electron chi connectivity index (χ0n) is 15.7. The number of nitrogens with zero attached hydrogens (tertiary/aromatic N) is 1. The van der Waals surface area contributed by atoms with Crippen LogP contribution in [-0.2, 0) is 11.2 Å². The van der Waals surface area contributed by atoms with Crippen molar-refractivity contribution in [3.8, 4) is 5.75 Å². The number of hydrogen-bond donors (Lipinski definition) is 2. The largest absolute Gasteiger partial charge is 0.497 e. The normalized spacial score (nSPS) is 14.6. The molecule has 0 radical (unpaired) electrons. The molecule has 0 atom stereocenters. The number of nitrogens with one attached hydrogen (secondary N) is 1. The molecule has 0 aromatic heterocycles. The van der Waals surface area contributed by atoms with Crippen LogP contribution in [0.25, 0.3) is 0 Å². The summed E-state index contributed by atoms with van der Waals surface area (Å²) >= 11 is 3.38. The molecule has 148 valence electrons. The van der Waals surface area contributed by atoms with Crippen LogP contribution >= 0.6 is 15.9 Å². The summed E-state index contributed by atoms with van der Waals surface area (Å²) in [4.78, 5) is 26.7. The topological polar surface area (TPSA) is 78.9 Å². The van der Waals surface area contributed by atoms with E-state index in [4.69, 9.17) is 4.74 Å². The molecule has 2 N–H and O–H groups in total. The van der Waals surface area contributed by atoms with Crippen molar-refractivity contribution >= 4 is 33.4 Å². The number of methoxy groups -OCH3 is 1. The summed E-state index contributed by atoms with van der Waals surface area (Å²) in [6.45, 7) is 1.20. The fraction of sp³-hybridized carbons (Fsp3) is 0.333. The summed E-state index contributed by atoms with van der Waals surface area (Å²) < 4.78 is 5.85. The second-order valence-corrected chi connectivity index (χ2v) is 7.64. The van der Waals surface area contributed by atoms with Gasteiger partial charge < -0.3 is 20.1 Å². The lowest BCUT2D eigenvalue weighted by molar-refractivity contribution is -0.132. The number of aliphatic hydroxyl groups excluding tert-OH is 1. The van der Waals surface area contributed by atoms with Crippen LogP contribution in [0.5, 0.6) is 5.75 Å². The molecule has 28 heavy (non-hydrogen) atoms. The molecule has 1 aliphatic heterocycles. The van der Waals surface area contributed by atoms with Gasteiger partial charge in [0, 0.05) is 23.2 Å². The molecule has 0 spiro atoms. The van der Waals surface area contributed by atoms with Gasteiger partial charge in [-0.15, -0.1) is 0 Å². The Morgan fingerprint density at radius 2 is 1.86 bits per heavy atom. The number of likely N-dealkylation sites (tertiary alicyclic amines) is 1. The van der Waals surface area contributed by atoms with Crippen molar-refractivity contribution in [2.75, 3.05) is 25.5 Å². The quantitative estimate of drug-likeness (QED) is 0.738. The molecule has 1 saturated heterocycles. The zero-order chi connectivity index (χ0) is 20.1. The lowest BCUT2D eigenvalue weighted by Gasteiger charge is -2.29. The van der Waals surface area contributed by atoms with Crippen LogP contribution in [-0.4, -0.2) is 48.1 Å². The van der Waals surface area contributed by atoms with E-state index in [2.05, 4.69) is 21.2 Å². The van der Waals surface area contributed by atoms with E-state index in [0.29, 0.717) is 53.8 Å². The average molecular weight is 447 g/mol. The van der Waals surface area contributed by atoms with Crippen molar-refractivity contribution < 1.29 is 19.4 Å². The van der Waals surface area contributed by atoms with E-state index >= 15 is 0 Å². The summed E-state index contributed by atoms with van der Waals surface area (Å²) in [5.74, 6) is 0.415. The maximum atomic E-state index is 12.5. The highest BCUT2D eigenvalue weighted by Crippen LogP contribution is 2.24. The van der Waals surface area contributed by atoms with Gasteiger partial charge in [0.2, 0.25) is 5.91 Å². The Morgan fingerprint density at radius 1 is 1.18 bits per heavy atom. The Hall–Kier alpha value is -2.38. The van der Waals surface area contributed by atoms with E-state index in [-0.39, 0.29) is 17.9 Å². The average Bonchev–Trinajstić information content (AvgIpc) is 2.70. The predicted molar refractivity (Wildman–Crippen MR) is 111 cm³/mol. The molecule has 0 bridgehead atoms. The van der Waals surface area contributed by atoms with Crippen LogP contribution < -0.4 is 10.1 Å². The van der Waals surface area contributed by atoms with Gasteiger partial charge in [-0.05, 0) is 64.7 Å². The Bertz CT molecular complexity index is 846. The van der Waals surface area contributed by atoms with Gasteiger partial charge in [-0.1, -0.05) is 12.1 Å². The van der Waals surface area contributed by atoms with Crippen LogP contribution in [0.15, 0.2) is 46.9 Å². The van der Waals surface area contributed by atoms with Crippen molar-refractivity contribution in [1.82, 2.24) is 4.90 Å². The van der Waals surface area contributed by atoms with E-state index in [1.165, 1.54) is 0 Å². The maximum absolute atomic E-state index is 12.5. The number of carbonyl (C=O) groups excluding carboxylic acids is 2. The second kappa shape index (κ2) is 9.21. The minimum atomic E-state index is -0.295. The summed E-state index contributed by atoms with van der Waals surface area (Å²) in [6, 6.07) is 12.5. The van der Waals surface area contributed by atoms with E-state index in [1.54, 1.807) is 42.3 Å². The number of benzene rings is 2. The van der Waals surface area contributed by atoms with Crippen LogP contribution in [0.2, 0.25) is 0 Å². The van der Waals surface area contributed by atoms with Crippen LogP contribution in [0.3, 0.4) is 0 Å². The molecule has 0 saturated carbocycles. The van der Waals surface area contributed by atoms with Crippen molar-refractivity contribution in [2.24, 2.45) is 0 Å². The van der Waals surface area contributed by atoms with E-state index in [1.807, 2.05) is 12.1 Å². The smallest absolute Gasteiger partial charge is 0.256 e. The monoisotopic (exact) mass is 446 g/mol. The fourth-order valence-corrected chi connectivity index (χ4v) is 3.54. The fourth-order valence-electron chi connectivity index (χ4n) is 3.11. The van der Waals surface area contributed by atoms with Gasteiger partial charge in [-0.3, -0.25) is 9.59 Å². The number of halogens is 1. The minimum absolute atomic E-state index is 0.0593. The number of ether oxygens (including phenoxy) is 1. The number of anilines is 1. The Labute approximate surface area is 172 Å². The molecular weight excluding hydrogens is 424 g/mol. The Kier molecular flexibility index (Phi) is 6.70. The molecule has 2 aromatic carbocycles. The van der Waals surface area contributed by atoms with E-state index in [0.717, 1.165) is 5.56 Å². The van der Waals surface area contributed by atoms with Crippen molar-refractivity contribution in [1.29, 1.82) is 0 Å². The highest BCUT2D eigenvalue weighted by Gasteiger charge is 2.21. The number of rotatable bonds is 5. The molecule has 0 unspecified atom stereocenters. The lowest BCUT2D eigenvalue weighted by atomic mass is 10.1. The number of aliphatic hydroxyl groups is 1. The van der Waals surface area contributed by atoms with Crippen LogP contribution in [0.4, 0.5) is 5.69 Å². The molecule has 1 fully saturated rings. The first-order valence-electron chi connectivity index (χ1n) is 9.16. The number of hydrogen-bond acceptors (Lipinski definition) is 4. The third kappa shape index (κ3) is 5.11. The van der Waals surface area contributed by atoms with E-state index < -0.39 is 0 Å². The van der Waals surface area contributed by atoms with Gasteiger partial charge in [-0.2, -0.15) is 0 Å². The van der Waals surface area contributed by atoms with Gasteiger partial charge in [0.05, 0.1) is 25.2 Å². The Balaban J connectivity index is 1.60. The van der Waals surface area contributed by atoms with Gasteiger partial charge in [0.25, 0.3) is 5.91 Å². The highest BCUT2D eigenvalue weighted by molar-refractivity contribution is 9.10. The number of carbonyl (C=O) groups is 2. The third-order valence-corrected chi connectivity index (χ3v) is 5.49. The van der Waals surface area contributed by atoms with Crippen LogP contribution in [0, 0.1) is 0 Å². The first-order valence-corrected chi connectivity index (χ1v) is 9.95. The second-order valence-electron chi connectivity index (χ2n) is 6.79. The van der Waals surface area contributed by atoms with Crippen molar-refractivity contribution in [3.63, 3.8) is 0 Å². The van der Waals surface area contributed by atoms with Gasteiger partial charge >= 0.3 is 0 Å².